The van der Waals surface area contributed by atoms with Crippen molar-refractivity contribution in [2.45, 2.75) is 25.8 Å². The van der Waals surface area contributed by atoms with Crippen LogP contribution in [0.1, 0.15) is 19.4 Å². The number of pyridine rings is 1. The maximum absolute atomic E-state index is 10.8. The number of hydrogen-bond acceptors (Lipinski definition) is 4. The van der Waals surface area contributed by atoms with E-state index >= 15 is 0 Å². The zero-order chi connectivity index (χ0) is 12.9. The molecule has 0 unspecified atom stereocenters. The molecule has 1 aromatic heterocycles. The van der Waals surface area contributed by atoms with E-state index in [0.29, 0.717) is 6.54 Å². The molecule has 1 heterocycles. The minimum absolute atomic E-state index is 0.226. The topological polar surface area (TPSA) is 59.3 Å². The van der Waals surface area contributed by atoms with Gasteiger partial charge in [-0.25, -0.2) is 0 Å². The second-order valence-electron chi connectivity index (χ2n) is 4.91. The molecule has 17 heavy (non-hydrogen) atoms. The number of aromatic nitrogens is 1. The van der Waals surface area contributed by atoms with E-state index in [1.807, 2.05) is 24.1 Å². The van der Waals surface area contributed by atoms with Crippen LogP contribution in [-0.4, -0.2) is 40.5 Å². The van der Waals surface area contributed by atoms with Crippen LogP contribution in [0.3, 0.4) is 0 Å². The lowest BCUT2D eigenvalue weighted by Crippen LogP contribution is -2.43. The zero-order valence-electron chi connectivity index (χ0n) is 10.6. The summed E-state index contributed by atoms with van der Waals surface area (Å²) in [5.74, 6) is 0. The molecule has 0 atom stereocenters. The fourth-order valence-corrected chi connectivity index (χ4v) is 1.67. The van der Waals surface area contributed by atoms with Crippen LogP contribution in [-0.2, 0) is 6.42 Å². The predicted octanol–water partition coefficient (Wildman–Crippen LogP) is 1.61. The van der Waals surface area contributed by atoms with Crippen LogP contribution in [0, 0.1) is 10.1 Å². The first-order chi connectivity index (χ1) is 7.92. The van der Waals surface area contributed by atoms with E-state index in [2.05, 4.69) is 4.98 Å². The van der Waals surface area contributed by atoms with Crippen molar-refractivity contribution in [3.63, 3.8) is 0 Å². The molecule has 0 spiro atoms. The summed E-state index contributed by atoms with van der Waals surface area (Å²) >= 11 is 0. The van der Waals surface area contributed by atoms with Crippen molar-refractivity contribution < 1.29 is 4.92 Å². The molecule has 0 bridgehead atoms. The Morgan fingerprint density at radius 3 is 2.53 bits per heavy atom. The van der Waals surface area contributed by atoms with Gasteiger partial charge in [0, 0.05) is 37.7 Å². The lowest BCUT2D eigenvalue weighted by atomic mass is 10.1. The largest absolute Gasteiger partial charge is 0.299 e. The van der Waals surface area contributed by atoms with Crippen LogP contribution >= 0.6 is 0 Å². The third-order valence-electron chi connectivity index (χ3n) is 2.68. The highest BCUT2D eigenvalue weighted by Gasteiger charge is 2.31. The third-order valence-corrected chi connectivity index (χ3v) is 2.68. The molecule has 5 heteroatoms. The van der Waals surface area contributed by atoms with Crippen LogP contribution in [0.15, 0.2) is 24.5 Å². The van der Waals surface area contributed by atoms with Crippen LogP contribution < -0.4 is 0 Å². The first-order valence-electron chi connectivity index (χ1n) is 5.64. The molecule has 5 nitrogen and oxygen atoms in total. The average Bonchev–Trinajstić information content (AvgIpc) is 2.27. The van der Waals surface area contributed by atoms with E-state index in [0.717, 1.165) is 13.0 Å². The van der Waals surface area contributed by atoms with E-state index in [9.17, 15) is 10.1 Å². The Morgan fingerprint density at radius 1 is 1.41 bits per heavy atom. The molecule has 0 aliphatic carbocycles. The zero-order valence-corrected chi connectivity index (χ0v) is 10.6. The van der Waals surface area contributed by atoms with Gasteiger partial charge >= 0.3 is 0 Å². The maximum atomic E-state index is 10.8. The molecule has 0 aromatic carbocycles. The van der Waals surface area contributed by atoms with Gasteiger partial charge in [0.1, 0.15) is 0 Å². The van der Waals surface area contributed by atoms with Crippen LogP contribution in [0.4, 0.5) is 0 Å². The lowest BCUT2D eigenvalue weighted by molar-refractivity contribution is -0.560. The van der Waals surface area contributed by atoms with E-state index in [1.165, 1.54) is 5.56 Å². The number of nitro groups is 1. The number of nitrogens with zero attached hydrogens (tertiary/aromatic N) is 3. The Kier molecular flexibility index (Phi) is 4.57. The summed E-state index contributed by atoms with van der Waals surface area (Å²) in [6.45, 7) is 4.55. The fraction of sp³-hybridized carbons (Fsp3) is 0.583. The Balaban J connectivity index is 2.41. The number of rotatable bonds is 6. The third kappa shape index (κ3) is 4.48. The first-order valence-corrected chi connectivity index (χ1v) is 5.64. The van der Waals surface area contributed by atoms with E-state index < -0.39 is 5.54 Å². The van der Waals surface area contributed by atoms with Gasteiger partial charge in [0.05, 0.1) is 6.54 Å². The average molecular weight is 237 g/mol. The normalized spacial score (nSPS) is 11.8. The van der Waals surface area contributed by atoms with Gasteiger partial charge < -0.3 is 0 Å². The molecule has 0 saturated heterocycles. The van der Waals surface area contributed by atoms with E-state index in [4.69, 9.17) is 0 Å². The standard InChI is InChI=1S/C12H19N3O2/c1-12(2,15(16)17)10-14(3)9-6-11-4-7-13-8-5-11/h4-5,7-8H,6,9-10H2,1-3H3. The second kappa shape index (κ2) is 5.72. The van der Waals surface area contributed by atoms with Gasteiger partial charge in [-0.3, -0.25) is 20.0 Å². The van der Waals surface area contributed by atoms with Gasteiger partial charge in [-0.15, -0.1) is 0 Å². The van der Waals surface area contributed by atoms with E-state index in [-0.39, 0.29) is 4.92 Å². The molecule has 0 fully saturated rings. The van der Waals surface area contributed by atoms with Gasteiger partial charge in [0.25, 0.3) is 0 Å². The number of hydrogen-bond donors (Lipinski definition) is 0. The van der Waals surface area contributed by atoms with Crippen LogP contribution in [0.5, 0.6) is 0 Å². The highest BCUT2D eigenvalue weighted by molar-refractivity contribution is 5.09. The fourth-order valence-electron chi connectivity index (χ4n) is 1.67. The minimum Gasteiger partial charge on any atom is -0.299 e. The van der Waals surface area contributed by atoms with Gasteiger partial charge in [-0.05, 0) is 31.2 Å². The van der Waals surface area contributed by atoms with Gasteiger partial charge in [-0.1, -0.05) is 0 Å². The minimum atomic E-state index is -0.896. The summed E-state index contributed by atoms with van der Waals surface area (Å²) in [5.41, 5.74) is 0.304. The predicted molar refractivity (Wildman–Crippen MR) is 66.5 cm³/mol. The molecule has 1 rings (SSSR count). The molecule has 0 saturated carbocycles. The van der Waals surface area contributed by atoms with Crippen molar-refractivity contribution in [1.29, 1.82) is 0 Å². The van der Waals surface area contributed by atoms with Gasteiger partial charge in [-0.2, -0.15) is 0 Å². The van der Waals surface area contributed by atoms with E-state index in [1.54, 1.807) is 26.2 Å². The Morgan fingerprint density at radius 2 is 2.00 bits per heavy atom. The molecule has 0 aliphatic rings. The summed E-state index contributed by atoms with van der Waals surface area (Å²) in [6, 6.07) is 3.93. The summed E-state index contributed by atoms with van der Waals surface area (Å²) < 4.78 is 0. The van der Waals surface area contributed by atoms with Crippen molar-refractivity contribution in [3.8, 4) is 0 Å². The summed E-state index contributed by atoms with van der Waals surface area (Å²) in [7, 11) is 1.91. The molecule has 0 radical (unpaired) electrons. The number of likely N-dealkylation sites (N-methyl/N-ethyl adjacent to an activating group) is 1. The molecule has 0 aliphatic heterocycles. The summed E-state index contributed by atoms with van der Waals surface area (Å²) in [6.07, 6.45) is 4.40. The summed E-state index contributed by atoms with van der Waals surface area (Å²) in [5, 5.41) is 10.8. The smallest absolute Gasteiger partial charge is 0.229 e. The Bertz CT molecular complexity index is 365. The first kappa shape index (κ1) is 13.6. The molecule has 0 N–H and O–H groups in total. The molecular formula is C12H19N3O2. The van der Waals surface area contributed by atoms with Crippen molar-refractivity contribution in [3.05, 3.63) is 40.2 Å². The maximum Gasteiger partial charge on any atom is 0.229 e. The Hall–Kier alpha value is -1.49. The van der Waals surface area contributed by atoms with Crippen molar-refractivity contribution in [2.24, 2.45) is 0 Å². The van der Waals surface area contributed by atoms with Crippen LogP contribution in [0.2, 0.25) is 0 Å². The van der Waals surface area contributed by atoms with Gasteiger partial charge in [0.2, 0.25) is 5.54 Å². The van der Waals surface area contributed by atoms with Crippen molar-refractivity contribution in [2.75, 3.05) is 20.1 Å². The molecule has 0 amide bonds. The second-order valence-corrected chi connectivity index (χ2v) is 4.91. The lowest BCUT2D eigenvalue weighted by Gasteiger charge is -2.23. The van der Waals surface area contributed by atoms with Crippen molar-refractivity contribution in [1.82, 2.24) is 9.88 Å². The summed E-state index contributed by atoms with van der Waals surface area (Å²) in [4.78, 5) is 16.5. The quantitative estimate of drug-likeness (QED) is 0.557. The van der Waals surface area contributed by atoms with Crippen LogP contribution in [0.25, 0.3) is 0 Å². The van der Waals surface area contributed by atoms with Gasteiger partial charge in [0.15, 0.2) is 0 Å². The van der Waals surface area contributed by atoms with Crippen molar-refractivity contribution >= 4 is 0 Å². The SMILES string of the molecule is CN(CCc1ccncc1)CC(C)(C)[N+](=O)[O-]. The monoisotopic (exact) mass is 237 g/mol. The molecule has 94 valence electrons. The molecule has 1 aromatic rings. The highest BCUT2D eigenvalue weighted by atomic mass is 16.6. The molecular weight excluding hydrogens is 218 g/mol. The Labute approximate surface area is 102 Å². The highest BCUT2D eigenvalue weighted by Crippen LogP contribution is 2.09.